The number of carbonyl (C=O) groups is 1. The van der Waals surface area contributed by atoms with Crippen LogP contribution in [-0.4, -0.2) is 12.5 Å². The van der Waals surface area contributed by atoms with Crippen molar-refractivity contribution in [2.45, 2.75) is 6.92 Å². The Morgan fingerprint density at radius 3 is 2.60 bits per heavy atom. The first-order valence-corrected chi connectivity index (χ1v) is 6.42. The number of benzene rings is 1. The molecule has 102 valence electrons. The van der Waals surface area contributed by atoms with Gasteiger partial charge in [0.2, 0.25) is 0 Å². The second kappa shape index (κ2) is 6.57. The van der Waals surface area contributed by atoms with E-state index in [0.29, 0.717) is 12.3 Å². The smallest absolute Gasteiger partial charge is 0.251 e. The summed E-state index contributed by atoms with van der Waals surface area (Å²) >= 11 is 0. The molecule has 3 nitrogen and oxygen atoms in total. The highest BCUT2D eigenvalue weighted by atomic mass is 16.3. The van der Waals surface area contributed by atoms with Gasteiger partial charge < -0.3 is 9.32 Å². The van der Waals surface area contributed by atoms with Crippen molar-refractivity contribution in [3.8, 4) is 0 Å². The van der Waals surface area contributed by atoms with Crippen LogP contribution in [0.1, 0.15) is 11.5 Å². The van der Waals surface area contributed by atoms with E-state index in [4.69, 9.17) is 4.42 Å². The zero-order valence-corrected chi connectivity index (χ0v) is 11.5. The summed E-state index contributed by atoms with van der Waals surface area (Å²) < 4.78 is 5.40. The second-order valence-corrected chi connectivity index (χ2v) is 4.35. The van der Waals surface area contributed by atoms with Crippen LogP contribution in [0.25, 0.3) is 6.08 Å². The number of nitrogens with zero attached hydrogens (tertiary/aromatic N) is 1. The number of furan rings is 1. The van der Waals surface area contributed by atoms with Crippen LogP contribution in [0.5, 0.6) is 0 Å². The Hall–Kier alpha value is -2.55. The minimum atomic E-state index is -0.106. The van der Waals surface area contributed by atoms with Crippen LogP contribution in [0.3, 0.4) is 0 Å². The maximum atomic E-state index is 12.3. The summed E-state index contributed by atoms with van der Waals surface area (Å²) in [5.74, 6) is 1.38. The standard InChI is InChI=1S/C17H17NO2/c1-3-13-18(15-7-5-4-6-8-15)17(19)12-11-16-10-9-14(2)20-16/h3-12H,1,13H2,2H3/b12-11+. The van der Waals surface area contributed by atoms with Gasteiger partial charge in [-0.05, 0) is 37.3 Å². The van der Waals surface area contributed by atoms with Gasteiger partial charge in [0, 0.05) is 18.3 Å². The highest BCUT2D eigenvalue weighted by Gasteiger charge is 2.11. The lowest BCUT2D eigenvalue weighted by atomic mass is 10.2. The minimum Gasteiger partial charge on any atom is -0.462 e. The maximum absolute atomic E-state index is 12.3. The van der Waals surface area contributed by atoms with Gasteiger partial charge in [-0.3, -0.25) is 4.79 Å². The lowest BCUT2D eigenvalue weighted by Gasteiger charge is -2.19. The van der Waals surface area contributed by atoms with Gasteiger partial charge in [0.25, 0.3) is 5.91 Å². The predicted octanol–water partition coefficient (Wildman–Crippen LogP) is 3.82. The zero-order valence-electron chi connectivity index (χ0n) is 11.5. The van der Waals surface area contributed by atoms with E-state index in [0.717, 1.165) is 11.4 Å². The van der Waals surface area contributed by atoms with Crippen LogP contribution in [0.15, 0.2) is 65.6 Å². The molecule has 2 aromatic rings. The molecule has 0 spiro atoms. The van der Waals surface area contributed by atoms with Gasteiger partial charge >= 0.3 is 0 Å². The summed E-state index contributed by atoms with van der Waals surface area (Å²) in [5, 5.41) is 0. The number of amides is 1. The average Bonchev–Trinajstić information content (AvgIpc) is 2.89. The normalized spacial score (nSPS) is 10.7. The molecule has 3 heteroatoms. The Labute approximate surface area is 118 Å². The van der Waals surface area contributed by atoms with Gasteiger partial charge in [0.1, 0.15) is 11.5 Å². The molecule has 0 aliphatic carbocycles. The van der Waals surface area contributed by atoms with Crippen LogP contribution in [0, 0.1) is 6.92 Å². The van der Waals surface area contributed by atoms with Crippen LogP contribution in [-0.2, 0) is 4.79 Å². The minimum absolute atomic E-state index is 0.106. The van der Waals surface area contributed by atoms with Gasteiger partial charge in [-0.25, -0.2) is 0 Å². The first-order valence-electron chi connectivity index (χ1n) is 6.42. The highest BCUT2D eigenvalue weighted by molar-refractivity contribution is 6.03. The van der Waals surface area contributed by atoms with Crippen LogP contribution in [0.2, 0.25) is 0 Å². The largest absolute Gasteiger partial charge is 0.462 e. The lowest BCUT2D eigenvalue weighted by Crippen LogP contribution is -2.29. The van der Waals surface area contributed by atoms with E-state index in [2.05, 4.69) is 6.58 Å². The molecule has 0 fully saturated rings. The van der Waals surface area contributed by atoms with Crippen LogP contribution < -0.4 is 4.90 Å². The van der Waals surface area contributed by atoms with Crippen molar-refractivity contribution in [2.24, 2.45) is 0 Å². The maximum Gasteiger partial charge on any atom is 0.251 e. The molecule has 1 aromatic carbocycles. The number of carbonyl (C=O) groups excluding carboxylic acids is 1. The summed E-state index contributed by atoms with van der Waals surface area (Å²) in [6, 6.07) is 13.2. The molecule has 0 bridgehead atoms. The summed E-state index contributed by atoms with van der Waals surface area (Å²) in [6.07, 6.45) is 4.89. The van der Waals surface area contributed by atoms with Crippen molar-refractivity contribution >= 4 is 17.7 Å². The first kappa shape index (κ1) is 13.9. The molecule has 20 heavy (non-hydrogen) atoms. The molecule has 0 saturated heterocycles. The predicted molar refractivity (Wildman–Crippen MR) is 81.5 cm³/mol. The van der Waals surface area contributed by atoms with E-state index in [1.165, 1.54) is 6.08 Å². The molecule has 1 heterocycles. The Morgan fingerprint density at radius 2 is 2.00 bits per heavy atom. The van der Waals surface area contributed by atoms with Crippen LogP contribution >= 0.6 is 0 Å². The molecule has 1 amide bonds. The molecular weight excluding hydrogens is 250 g/mol. The fourth-order valence-corrected chi connectivity index (χ4v) is 1.85. The quantitative estimate of drug-likeness (QED) is 0.609. The fourth-order valence-electron chi connectivity index (χ4n) is 1.85. The molecular formula is C17H17NO2. The number of aryl methyl sites for hydroxylation is 1. The number of hydrogen-bond donors (Lipinski definition) is 0. The number of rotatable bonds is 5. The Balaban J connectivity index is 2.15. The Kier molecular flexibility index (Phi) is 4.56. The van der Waals surface area contributed by atoms with E-state index >= 15 is 0 Å². The monoisotopic (exact) mass is 267 g/mol. The molecule has 0 N–H and O–H groups in total. The molecule has 2 rings (SSSR count). The summed E-state index contributed by atoms with van der Waals surface area (Å²) in [7, 11) is 0. The van der Waals surface area contributed by atoms with E-state index in [1.807, 2.05) is 49.4 Å². The zero-order chi connectivity index (χ0) is 14.4. The topological polar surface area (TPSA) is 33.5 Å². The van der Waals surface area contributed by atoms with Crippen molar-refractivity contribution in [3.63, 3.8) is 0 Å². The summed E-state index contributed by atoms with van der Waals surface area (Å²) in [6.45, 7) is 6.02. The van der Waals surface area contributed by atoms with Crippen molar-refractivity contribution in [3.05, 3.63) is 72.7 Å². The molecule has 0 aliphatic heterocycles. The SMILES string of the molecule is C=CCN(C(=O)/C=C/c1ccc(C)o1)c1ccccc1. The van der Waals surface area contributed by atoms with Gasteiger partial charge in [-0.2, -0.15) is 0 Å². The van der Waals surface area contributed by atoms with Crippen molar-refractivity contribution in [1.82, 2.24) is 0 Å². The summed E-state index contributed by atoms with van der Waals surface area (Å²) in [4.78, 5) is 13.9. The first-order chi connectivity index (χ1) is 9.70. The van der Waals surface area contributed by atoms with Crippen molar-refractivity contribution in [1.29, 1.82) is 0 Å². The lowest BCUT2D eigenvalue weighted by molar-refractivity contribution is -0.114. The number of anilines is 1. The highest BCUT2D eigenvalue weighted by Crippen LogP contribution is 2.15. The molecule has 1 aromatic heterocycles. The number of hydrogen-bond acceptors (Lipinski definition) is 2. The van der Waals surface area contributed by atoms with E-state index in [-0.39, 0.29) is 5.91 Å². The fraction of sp³-hybridized carbons (Fsp3) is 0.118. The van der Waals surface area contributed by atoms with E-state index < -0.39 is 0 Å². The molecule has 0 atom stereocenters. The van der Waals surface area contributed by atoms with Crippen LogP contribution in [0.4, 0.5) is 5.69 Å². The Bertz CT molecular complexity index is 611. The Morgan fingerprint density at radius 1 is 1.25 bits per heavy atom. The molecule has 0 aliphatic rings. The second-order valence-electron chi connectivity index (χ2n) is 4.35. The van der Waals surface area contributed by atoms with E-state index in [1.54, 1.807) is 17.1 Å². The summed E-state index contributed by atoms with van der Waals surface area (Å²) in [5.41, 5.74) is 0.845. The molecule has 0 radical (unpaired) electrons. The third kappa shape index (κ3) is 3.48. The van der Waals surface area contributed by atoms with Crippen molar-refractivity contribution < 1.29 is 9.21 Å². The van der Waals surface area contributed by atoms with Gasteiger partial charge in [0.15, 0.2) is 0 Å². The van der Waals surface area contributed by atoms with Crippen molar-refractivity contribution in [2.75, 3.05) is 11.4 Å². The third-order valence-corrected chi connectivity index (χ3v) is 2.80. The average molecular weight is 267 g/mol. The third-order valence-electron chi connectivity index (χ3n) is 2.80. The van der Waals surface area contributed by atoms with Gasteiger partial charge in [-0.15, -0.1) is 6.58 Å². The molecule has 0 unspecified atom stereocenters. The van der Waals surface area contributed by atoms with E-state index in [9.17, 15) is 4.79 Å². The molecule has 0 saturated carbocycles. The van der Waals surface area contributed by atoms with Gasteiger partial charge in [-0.1, -0.05) is 24.3 Å². The van der Waals surface area contributed by atoms with Gasteiger partial charge in [0.05, 0.1) is 0 Å². The number of para-hydroxylation sites is 1.